The molecule has 0 amide bonds. The molecule has 0 fully saturated rings. The van der Waals surface area contributed by atoms with Gasteiger partial charge in [-0.25, -0.2) is 0 Å². The molecule has 0 aliphatic heterocycles. The SMILES string of the molecule is CCCCCc1cc(O)c(O)c(O)c1. The van der Waals surface area contributed by atoms with Gasteiger partial charge in [0.05, 0.1) is 0 Å². The Hall–Kier alpha value is -1.38. The number of phenols is 3. The van der Waals surface area contributed by atoms with Crippen LogP contribution in [-0.2, 0) is 6.42 Å². The maximum atomic E-state index is 9.23. The molecule has 1 aromatic carbocycles. The van der Waals surface area contributed by atoms with Crippen LogP contribution in [0.2, 0.25) is 0 Å². The van der Waals surface area contributed by atoms with E-state index in [0.717, 1.165) is 31.2 Å². The number of phenolic OH excluding ortho intramolecular Hbond substituents is 3. The van der Waals surface area contributed by atoms with Gasteiger partial charge in [-0.1, -0.05) is 19.8 Å². The van der Waals surface area contributed by atoms with Crippen LogP contribution in [0.5, 0.6) is 17.2 Å². The molecule has 0 aliphatic carbocycles. The summed E-state index contributed by atoms with van der Waals surface area (Å²) < 4.78 is 0. The first-order valence-corrected chi connectivity index (χ1v) is 4.89. The normalized spacial score (nSPS) is 10.4. The van der Waals surface area contributed by atoms with Gasteiger partial charge in [-0.05, 0) is 30.5 Å². The number of unbranched alkanes of at least 4 members (excludes halogenated alkanes) is 2. The van der Waals surface area contributed by atoms with E-state index in [1.54, 1.807) is 0 Å². The average molecular weight is 196 g/mol. The van der Waals surface area contributed by atoms with E-state index < -0.39 is 5.75 Å². The summed E-state index contributed by atoms with van der Waals surface area (Å²) in [6.07, 6.45) is 4.11. The van der Waals surface area contributed by atoms with Crippen LogP contribution in [0.25, 0.3) is 0 Å². The maximum Gasteiger partial charge on any atom is 0.200 e. The first-order valence-electron chi connectivity index (χ1n) is 4.89. The molecular weight excluding hydrogens is 180 g/mol. The predicted octanol–water partition coefficient (Wildman–Crippen LogP) is 2.54. The Morgan fingerprint density at radius 2 is 1.57 bits per heavy atom. The molecule has 0 spiro atoms. The van der Waals surface area contributed by atoms with Crippen LogP contribution in [0.3, 0.4) is 0 Å². The molecule has 14 heavy (non-hydrogen) atoms. The van der Waals surface area contributed by atoms with Crippen molar-refractivity contribution in [3.05, 3.63) is 17.7 Å². The Morgan fingerprint density at radius 3 is 2.07 bits per heavy atom. The van der Waals surface area contributed by atoms with E-state index in [4.69, 9.17) is 5.11 Å². The molecule has 0 saturated carbocycles. The second-order valence-corrected chi connectivity index (χ2v) is 3.44. The zero-order valence-corrected chi connectivity index (χ0v) is 8.32. The lowest BCUT2D eigenvalue weighted by Gasteiger charge is -2.05. The lowest BCUT2D eigenvalue weighted by Crippen LogP contribution is -1.85. The highest BCUT2D eigenvalue weighted by molar-refractivity contribution is 5.51. The van der Waals surface area contributed by atoms with Crippen molar-refractivity contribution in [3.8, 4) is 17.2 Å². The third-order valence-electron chi connectivity index (χ3n) is 2.20. The van der Waals surface area contributed by atoms with Crippen molar-refractivity contribution in [2.24, 2.45) is 0 Å². The monoisotopic (exact) mass is 196 g/mol. The van der Waals surface area contributed by atoms with E-state index >= 15 is 0 Å². The molecule has 0 aliphatic rings. The maximum absolute atomic E-state index is 9.23. The zero-order valence-electron chi connectivity index (χ0n) is 8.32. The minimum absolute atomic E-state index is 0.253. The quantitative estimate of drug-likeness (QED) is 0.512. The fraction of sp³-hybridized carbons (Fsp3) is 0.455. The summed E-state index contributed by atoms with van der Waals surface area (Å²) in [5.41, 5.74) is 0.853. The van der Waals surface area contributed by atoms with Crippen molar-refractivity contribution >= 4 is 0 Å². The Morgan fingerprint density at radius 1 is 1.00 bits per heavy atom. The van der Waals surface area contributed by atoms with Gasteiger partial charge >= 0.3 is 0 Å². The fourth-order valence-corrected chi connectivity index (χ4v) is 1.38. The van der Waals surface area contributed by atoms with Crippen LogP contribution in [-0.4, -0.2) is 15.3 Å². The van der Waals surface area contributed by atoms with E-state index in [1.165, 1.54) is 12.1 Å². The summed E-state index contributed by atoms with van der Waals surface area (Å²) in [6.45, 7) is 2.12. The van der Waals surface area contributed by atoms with Crippen LogP contribution in [0.1, 0.15) is 31.7 Å². The topological polar surface area (TPSA) is 60.7 Å². The number of aromatic hydroxyl groups is 3. The summed E-state index contributed by atoms with van der Waals surface area (Å²) in [4.78, 5) is 0. The molecule has 0 atom stereocenters. The molecule has 78 valence electrons. The zero-order chi connectivity index (χ0) is 10.6. The van der Waals surface area contributed by atoms with Crippen molar-refractivity contribution in [3.63, 3.8) is 0 Å². The predicted molar refractivity (Wildman–Crippen MR) is 54.7 cm³/mol. The third-order valence-corrected chi connectivity index (χ3v) is 2.20. The van der Waals surface area contributed by atoms with Gasteiger partial charge in [-0.15, -0.1) is 0 Å². The van der Waals surface area contributed by atoms with Crippen molar-refractivity contribution in [1.82, 2.24) is 0 Å². The van der Waals surface area contributed by atoms with Crippen molar-refractivity contribution < 1.29 is 15.3 Å². The van der Waals surface area contributed by atoms with E-state index in [1.807, 2.05) is 0 Å². The summed E-state index contributed by atoms with van der Waals surface area (Å²) >= 11 is 0. The molecule has 3 N–H and O–H groups in total. The standard InChI is InChI=1S/C11H16O3/c1-2-3-4-5-8-6-9(12)11(14)10(13)7-8/h6-7,12-14H,2-5H2,1H3. The average Bonchev–Trinajstić information content (AvgIpc) is 2.14. The van der Waals surface area contributed by atoms with E-state index in [-0.39, 0.29) is 11.5 Å². The second-order valence-electron chi connectivity index (χ2n) is 3.44. The van der Waals surface area contributed by atoms with Crippen LogP contribution in [0.15, 0.2) is 12.1 Å². The van der Waals surface area contributed by atoms with Crippen LogP contribution < -0.4 is 0 Å². The highest BCUT2D eigenvalue weighted by Gasteiger charge is 2.07. The molecule has 0 heterocycles. The van der Waals surface area contributed by atoms with E-state index in [0.29, 0.717) is 0 Å². The van der Waals surface area contributed by atoms with Gasteiger partial charge in [-0.2, -0.15) is 0 Å². The molecule has 3 heteroatoms. The van der Waals surface area contributed by atoms with Crippen LogP contribution >= 0.6 is 0 Å². The van der Waals surface area contributed by atoms with Crippen molar-refractivity contribution in [2.45, 2.75) is 32.6 Å². The Kier molecular flexibility index (Phi) is 3.63. The van der Waals surface area contributed by atoms with Crippen LogP contribution in [0, 0.1) is 0 Å². The fourth-order valence-electron chi connectivity index (χ4n) is 1.38. The summed E-state index contributed by atoms with van der Waals surface area (Å²) in [5, 5.41) is 27.6. The molecule has 3 nitrogen and oxygen atoms in total. The molecule has 0 saturated heterocycles. The Balaban J connectivity index is 2.69. The summed E-state index contributed by atoms with van der Waals surface area (Å²) in [7, 11) is 0. The van der Waals surface area contributed by atoms with Crippen LogP contribution in [0.4, 0.5) is 0 Å². The number of rotatable bonds is 4. The molecule has 0 bridgehead atoms. The Bertz CT molecular complexity index is 284. The van der Waals surface area contributed by atoms with Gasteiger partial charge < -0.3 is 15.3 Å². The highest BCUT2D eigenvalue weighted by Crippen LogP contribution is 2.35. The van der Waals surface area contributed by atoms with Gasteiger partial charge in [-0.3, -0.25) is 0 Å². The molecule has 0 aromatic heterocycles. The third kappa shape index (κ3) is 2.55. The summed E-state index contributed by atoms with van der Waals surface area (Å²) in [5.74, 6) is -0.947. The largest absolute Gasteiger partial charge is 0.504 e. The molecular formula is C11H16O3. The highest BCUT2D eigenvalue weighted by atomic mass is 16.3. The minimum Gasteiger partial charge on any atom is -0.504 e. The number of hydrogen-bond donors (Lipinski definition) is 3. The van der Waals surface area contributed by atoms with Crippen molar-refractivity contribution in [1.29, 1.82) is 0 Å². The second kappa shape index (κ2) is 4.74. The smallest absolute Gasteiger partial charge is 0.200 e. The van der Waals surface area contributed by atoms with E-state index in [9.17, 15) is 10.2 Å². The first kappa shape index (κ1) is 10.7. The summed E-state index contributed by atoms with van der Waals surface area (Å²) in [6, 6.07) is 2.98. The number of benzene rings is 1. The van der Waals surface area contributed by atoms with Gasteiger partial charge in [0.15, 0.2) is 17.2 Å². The minimum atomic E-state index is -0.441. The van der Waals surface area contributed by atoms with Gasteiger partial charge in [0.1, 0.15) is 0 Å². The van der Waals surface area contributed by atoms with Gasteiger partial charge in [0, 0.05) is 0 Å². The number of hydrogen-bond acceptors (Lipinski definition) is 3. The lowest BCUT2D eigenvalue weighted by atomic mass is 10.1. The molecule has 0 radical (unpaired) electrons. The number of aryl methyl sites for hydroxylation is 1. The van der Waals surface area contributed by atoms with Gasteiger partial charge in [0.2, 0.25) is 0 Å². The Labute approximate surface area is 83.6 Å². The van der Waals surface area contributed by atoms with E-state index in [2.05, 4.69) is 6.92 Å². The molecule has 1 rings (SSSR count). The first-order chi connectivity index (χ1) is 6.65. The van der Waals surface area contributed by atoms with Gasteiger partial charge in [0.25, 0.3) is 0 Å². The lowest BCUT2D eigenvalue weighted by molar-refractivity contribution is 0.367. The van der Waals surface area contributed by atoms with Crippen molar-refractivity contribution in [2.75, 3.05) is 0 Å². The molecule has 0 unspecified atom stereocenters. The molecule has 1 aromatic rings.